The second kappa shape index (κ2) is 8.43. The number of halogens is 1. The highest BCUT2D eigenvalue weighted by molar-refractivity contribution is 5.78. The van der Waals surface area contributed by atoms with Gasteiger partial charge in [0.2, 0.25) is 0 Å². The van der Waals surface area contributed by atoms with E-state index in [1.807, 2.05) is 36.7 Å². The van der Waals surface area contributed by atoms with Crippen LogP contribution in [0.15, 0.2) is 54.9 Å². The lowest BCUT2D eigenvalue weighted by Gasteiger charge is -2.27. The van der Waals surface area contributed by atoms with Crippen molar-refractivity contribution in [3.05, 3.63) is 72.1 Å². The summed E-state index contributed by atoms with van der Waals surface area (Å²) in [7, 11) is 0. The minimum absolute atomic E-state index is 0.244. The third kappa shape index (κ3) is 4.56. The predicted molar refractivity (Wildman–Crippen MR) is 120 cm³/mol. The lowest BCUT2D eigenvalue weighted by Crippen LogP contribution is -2.32. The van der Waals surface area contributed by atoms with Crippen LogP contribution in [0.25, 0.3) is 22.3 Å². The van der Waals surface area contributed by atoms with Crippen molar-refractivity contribution in [3.8, 4) is 11.1 Å². The summed E-state index contributed by atoms with van der Waals surface area (Å²) in [5.41, 5.74) is 10.3. The maximum absolute atomic E-state index is 13.4. The molecule has 158 valence electrons. The summed E-state index contributed by atoms with van der Waals surface area (Å²) in [6, 6.07) is 13.4. The monoisotopic (exact) mass is 416 g/mol. The first-order valence-corrected chi connectivity index (χ1v) is 10.7. The fourth-order valence-electron chi connectivity index (χ4n) is 4.15. The molecule has 5 rings (SSSR count). The number of nitrogens with two attached hydrogens (primary N) is 1. The first-order chi connectivity index (χ1) is 15.1. The van der Waals surface area contributed by atoms with Crippen molar-refractivity contribution in [1.82, 2.24) is 19.9 Å². The summed E-state index contributed by atoms with van der Waals surface area (Å²) in [6.07, 6.45) is 8.50. The smallest absolute Gasteiger partial charge is 0.157 e. The molecule has 6 nitrogen and oxygen atoms in total. The van der Waals surface area contributed by atoms with E-state index in [0.29, 0.717) is 18.5 Å². The van der Waals surface area contributed by atoms with E-state index in [4.69, 9.17) is 5.73 Å². The van der Waals surface area contributed by atoms with E-state index in [1.54, 1.807) is 6.07 Å². The standard InChI is InChI=1S/C24H25FN6/c25-18-3-1-2-15(10-18)11-23-30-21-12-17(14-28-24(21)31-23)16-4-9-22(27-13-16)29-20-7-5-19(26)6-8-20/h1-4,9-10,12-14,19-20H,5-8,11,26H2,(H,27,29)(H,28,30,31). The fraction of sp³-hybridized carbons (Fsp3) is 0.292. The molecule has 3 aromatic heterocycles. The van der Waals surface area contributed by atoms with E-state index in [2.05, 4.69) is 25.3 Å². The maximum atomic E-state index is 13.4. The van der Waals surface area contributed by atoms with Crippen LogP contribution in [0.5, 0.6) is 0 Å². The highest BCUT2D eigenvalue weighted by atomic mass is 19.1. The number of H-pyrrole nitrogens is 1. The van der Waals surface area contributed by atoms with Gasteiger partial charge in [-0.2, -0.15) is 0 Å². The molecule has 7 heteroatoms. The average Bonchev–Trinajstić information content (AvgIpc) is 3.17. The van der Waals surface area contributed by atoms with Gasteiger partial charge in [0.05, 0.1) is 0 Å². The molecule has 0 bridgehead atoms. The zero-order valence-electron chi connectivity index (χ0n) is 17.2. The van der Waals surface area contributed by atoms with Crippen LogP contribution in [0.1, 0.15) is 37.1 Å². The van der Waals surface area contributed by atoms with E-state index in [-0.39, 0.29) is 5.82 Å². The Kier molecular flexibility index (Phi) is 5.34. The highest BCUT2D eigenvalue weighted by Gasteiger charge is 2.18. The molecule has 4 N–H and O–H groups in total. The molecular formula is C24H25FN6. The van der Waals surface area contributed by atoms with Crippen LogP contribution in [-0.4, -0.2) is 32.0 Å². The Morgan fingerprint density at radius 2 is 1.84 bits per heavy atom. The van der Waals surface area contributed by atoms with E-state index in [0.717, 1.165) is 65.2 Å². The molecule has 1 aliphatic rings. The maximum Gasteiger partial charge on any atom is 0.157 e. The summed E-state index contributed by atoms with van der Waals surface area (Å²) < 4.78 is 13.4. The van der Waals surface area contributed by atoms with Crippen LogP contribution in [0.4, 0.5) is 10.2 Å². The number of aromatic amines is 1. The van der Waals surface area contributed by atoms with Crippen LogP contribution in [0, 0.1) is 5.82 Å². The largest absolute Gasteiger partial charge is 0.367 e. The number of hydrogen-bond acceptors (Lipinski definition) is 5. The summed E-state index contributed by atoms with van der Waals surface area (Å²) >= 11 is 0. The Morgan fingerprint density at radius 3 is 2.61 bits per heavy atom. The fourth-order valence-corrected chi connectivity index (χ4v) is 4.15. The third-order valence-electron chi connectivity index (χ3n) is 5.87. The number of nitrogens with zero attached hydrogens (tertiary/aromatic N) is 3. The Bertz CT molecular complexity index is 1180. The Balaban J connectivity index is 1.30. The summed E-state index contributed by atoms with van der Waals surface area (Å²) in [4.78, 5) is 17.0. The summed E-state index contributed by atoms with van der Waals surface area (Å²) in [5, 5.41) is 3.51. The number of fused-ring (bicyclic) bond motifs is 1. The molecule has 1 saturated carbocycles. The van der Waals surface area contributed by atoms with Crippen LogP contribution < -0.4 is 11.1 Å². The lowest BCUT2D eigenvalue weighted by molar-refractivity contribution is 0.410. The first-order valence-electron chi connectivity index (χ1n) is 10.7. The van der Waals surface area contributed by atoms with Crippen molar-refractivity contribution in [2.75, 3.05) is 5.32 Å². The van der Waals surface area contributed by atoms with Crippen molar-refractivity contribution in [1.29, 1.82) is 0 Å². The zero-order valence-corrected chi connectivity index (χ0v) is 17.2. The zero-order chi connectivity index (χ0) is 21.2. The number of anilines is 1. The number of rotatable bonds is 5. The Labute approximate surface area is 180 Å². The molecule has 0 radical (unpaired) electrons. The van der Waals surface area contributed by atoms with Gasteiger partial charge >= 0.3 is 0 Å². The van der Waals surface area contributed by atoms with Gasteiger partial charge in [0.15, 0.2) is 5.65 Å². The molecular weight excluding hydrogens is 391 g/mol. The molecule has 0 amide bonds. The van der Waals surface area contributed by atoms with Crippen LogP contribution in [-0.2, 0) is 6.42 Å². The first kappa shape index (κ1) is 19.6. The number of hydrogen-bond donors (Lipinski definition) is 3. The van der Waals surface area contributed by atoms with E-state index in [9.17, 15) is 4.39 Å². The molecule has 0 spiro atoms. The molecule has 1 fully saturated rings. The highest BCUT2D eigenvalue weighted by Crippen LogP contribution is 2.24. The second-order valence-electron chi connectivity index (χ2n) is 8.27. The lowest BCUT2D eigenvalue weighted by atomic mass is 9.92. The van der Waals surface area contributed by atoms with Gasteiger partial charge in [-0.05, 0) is 61.6 Å². The van der Waals surface area contributed by atoms with Gasteiger partial charge in [0.25, 0.3) is 0 Å². The quantitative estimate of drug-likeness (QED) is 0.448. The predicted octanol–water partition coefficient (Wildman–Crippen LogP) is 4.43. The van der Waals surface area contributed by atoms with Gasteiger partial charge in [0, 0.05) is 42.0 Å². The average molecular weight is 417 g/mol. The van der Waals surface area contributed by atoms with Gasteiger partial charge in [-0.25, -0.2) is 19.3 Å². The number of benzene rings is 1. The van der Waals surface area contributed by atoms with Gasteiger partial charge in [-0.3, -0.25) is 0 Å². The van der Waals surface area contributed by atoms with Crippen molar-refractivity contribution in [2.45, 2.75) is 44.2 Å². The topological polar surface area (TPSA) is 92.5 Å². The van der Waals surface area contributed by atoms with Gasteiger partial charge in [-0.1, -0.05) is 12.1 Å². The Morgan fingerprint density at radius 1 is 1.00 bits per heavy atom. The van der Waals surface area contributed by atoms with Crippen LogP contribution in [0.2, 0.25) is 0 Å². The normalized spacial score (nSPS) is 18.9. The van der Waals surface area contributed by atoms with Crippen LogP contribution in [0.3, 0.4) is 0 Å². The van der Waals surface area contributed by atoms with Crippen molar-refractivity contribution >= 4 is 17.0 Å². The molecule has 4 aromatic rings. The molecule has 0 unspecified atom stereocenters. The molecule has 0 atom stereocenters. The molecule has 1 aliphatic carbocycles. The van der Waals surface area contributed by atoms with E-state index >= 15 is 0 Å². The summed E-state index contributed by atoms with van der Waals surface area (Å²) in [5.74, 6) is 1.40. The van der Waals surface area contributed by atoms with Crippen molar-refractivity contribution in [2.24, 2.45) is 5.73 Å². The Hall–Kier alpha value is -3.32. The number of pyridine rings is 2. The van der Waals surface area contributed by atoms with E-state index < -0.39 is 0 Å². The minimum Gasteiger partial charge on any atom is -0.367 e. The van der Waals surface area contributed by atoms with Gasteiger partial charge in [-0.15, -0.1) is 0 Å². The number of imidazole rings is 1. The third-order valence-corrected chi connectivity index (χ3v) is 5.87. The molecule has 1 aromatic carbocycles. The molecule has 0 saturated heterocycles. The van der Waals surface area contributed by atoms with E-state index in [1.165, 1.54) is 12.1 Å². The van der Waals surface area contributed by atoms with Crippen molar-refractivity contribution < 1.29 is 4.39 Å². The SMILES string of the molecule is NC1CCC(Nc2ccc(-c3cnc4[nH]c(Cc5cccc(F)c5)nc4c3)cn2)CC1. The second-order valence-corrected chi connectivity index (χ2v) is 8.27. The molecule has 0 aliphatic heterocycles. The number of aromatic nitrogens is 4. The van der Waals surface area contributed by atoms with Gasteiger partial charge < -0.3 is 16.0 Å². The number of nitrogens with one attached hydrogen (secondary N) is 2. The van der Waals surface area contributed by atoms with Crippen molar-refractivity contribution in [3.63, 3.8) is 0 Å². The summed E-state index contributed by atoms with van der Waals surface area (Å²) in [6.45, 7) is 0. The molecule has 31 heavy (non-hydrogen) atoms. The van der Waals surface area contributed by atoms with Gasteiger partial charge in [0.1, 0.15) is 23.0 Å². The van der Waals surface area contributed by atoms with Crippen LogP contribution >= 0.6 is 0 Å². The molecule has 3 heterocycles. The minimum atomic E-state index is -0.244.